The largest absolute Gasteiger partial charge is 0.495 e. The van der Waals surface area contributed by atoms with Crippen LogP contribution >= 0.6 is 11.6 Å². The van der Waals surface area contributed by atoms with Crippen LogP contribution in [0.5, 0.6) is 5.75 Å². The molecule has 0 saturated heterocycles. The predicted octanol–water partition coefficient (Wildman–Crippen LogP) is 4.91. The van der Waals surface area contributed by atoms with Crippen molar-refractivity contribution in [2.75, 3.05) is 23.9 Å². The predicted molar refractivity (Wildman–Crippen MR) is 106 cm³/mol. The van der Waals surface area contributed by atoms with Gasteiger partial charge in [0.25, 0.3) is 0 Å². The van der Waals surface area contributed by atoms with Gasteiger partial charge in [-0.15, -0.1) is 0 Å². The van der Waals surface area contributed by atoms with Gasteiger partial charge in [-0.2, -0.15) is 4.98 Å². The van der Waals surface area contributed by atoms with Crippen molar-refractivity contribution in [3.63, 3.8) is 0 Å². The molecule has 0 amide bonds. The number of anilines is 3. The molecule has 6 heteroatoms. The molecule has 0 atom stereocenters. The molecule has 26 heavy (non-hydrogen) atoms. The highest BCUT2D eigenvalue weighted by atomic mass is 35.5. The van der Waals surface area contributed by atoms with E-state index in [9.17, 15) is 0 Å². The van der Waals surface area contributed by atoms with Gasteiger partial charge in [-0.25, -0.2) is 4.98 Å². The average molecular weight is 369 g/mol. The summed E-state index contributed by atoms with van der Waals surface area (Å²) in [7, 11) is 1.59. The Bertz CT molecular complexity index is 857. The summed E-state index contributed by atoms with van der Waals surface area (Å²) < 4.78 is 5.18. The van der Waals surface area contributed by atoms with Crippen molar-refractivity contribution < 1.29 is 4.74 Å². The summed E-state index contributed by atoms with van der Waals surface area (Å²) >= 11 is 6.18. The third-order valence-corrected chi connectivity index (χ3v) is 4.24. The van der Waals surface area contributed by atoms with E-state index in [1.54, 1.807) is 13.3 Å². The number of nitrogens with one attached hydrogen (secondary N) is 1. The van der Waals surface area contributed by atoms with Crippen LogP contribution in [0, 0.1) is 0 Å². The Morgan fingerprint density at radius 1 is 1.12 bits per heavy atom. The molecule has 5 nitrogen and oxygen atoms in total. The van der Waals surface area contributed by atoms with E-state index in [2.05, 4.69) is 39.2 Å². The molecule has 134 valence electrons. The van der Waals surface area contributed by atoms with Gasteiger partial charge in [-0.3, -0.25) is 0 Å². The lowest BCUT2D eigenvalue weighted by Gasteiger charge is -2.21. The topological polar surface area (TPSA) is 50.3 Å². The van der Waals surface area contributed by atoms with Gasteiger partial charge in [-0.05, 0) is 36.8 Å². The minimum Gasteiger partial charge on any atom is -0.495 e. The lowest BCUT2D eigenvalue weighted by molar-refractivity contribution is 0.415. The van der Waals surface area contributed by atoms with Gasteiger partial charge in [0, 0.05) is 25.0 Å². The van der Waals surface area contributed by atoms with E-state index in [4.69, 9.17) is 16.3 Å². The maximum atomic E-state index is 6.18. The molecule has 0 aliphatic carbocycles. The van der Waals surface area contributed by atoms with Crippen LogP contribution in [0.3, 0.4) is 0 Å². The van der Waals surface area contributed by atoms with Crippen LogP contribution in [0.1, 0.15) is 12.5 Å². The second-order valence-corrected chi connectivity index (χ2v) is 6.12. The minimum absolute atomic E-state index is 0.547. The van der Waals surface area contributed by atoms with Crippen LogP contribution in [0.15, 0.2) is 60.8 Å². The molecule has 0 fully saturated rings. The molecule has 1 aromatic heterocycles. The number of nitrogens with zero attached hydrogens (tertiary/aromatic N) is 3. The molecule has 1 heterocycles. The molecular formula is C20H21ClN4O. The molecule has 0 bridgehead atoms. The van der Waals surface area contributed by atoms with Gasteiger partial charge >= 0.3 is 0 Å². The number of ether oxygens (including phenoxy) is 1. The van der Waals surface area contributed by atoms with E-state index >= 15 is 0 Å². The zero-order valence-corrected chi connectivity index (χ0v) is 15.6. The number of hydrogen-bond donors (Lipinski definition) is 1. The van der Waals surface area contributed by atoms with Gasteiger partial charge in [0.2, 0.25) is 5.95 Å². The van der Waals surface area contributed by atoms with Gasteiger partial charge in [0.05, 0.1) is 12.1 Å². The van der Waals surface area contributed by atoms with Crippen molar-refractivity contribution in [1.29, 1.82) is 0 Å². The summed E-state index contributed by atoms with van der Waals surface area (Å²) in [6.45, 7) is 3.66. The number of methoxy groups -OCH3 is 1. The maximum Gasteiger partial charge on any atom is 0.227 e. The van der Waals surface area contributed by atoms with Crippen LogP contribution in [-0.4, -0.2) is 23.6 Å². The van der Waals surface area contributed by atoms with Gasteiger partial charge in [0.1, 0.15) is 11.6 Å². The molecule has 0 aliphatic rings. The van der Waals surface area contributed by atoms with Crippen LogP contribution < -0.4 is 15.0 Å². The Morgan fingerprint density at radius 2 is 1.92 bits per heavy atom. The molecule has 3 rings (SSSR count). The Morgan fingerprint density at radius 3 is 2.62 bits per heavy atom. The van der Waals surface area contributed by atoms with E-state index in [0.29, 0.717) is 22.5 Å². The van der Waals surface area contributed by atoms with E-state index < -0.39 is 0 Å². The van der Waals surface area contributed by atoms with Crippen molar-refractivity contribution >= 4 is 29.1 Å². The summed E-state index contributed by atoms with van der Waals surface area (Å²) in [5.74, 6) is 2.03. The van der Waals surface area contributed by atoms with E-state index in [-0.39, 0.29) is 0 Å². The fourth-order valence-corrected chi connectivity index (χ4v) is 2.85. The first-order valence-corrected chi connectivity index (χ1v) is 8.80. The normalized spacial score (nSPS) is 10.4. The van der Waals surface area contributed by atoms with Gasteiger partial charge < -0.3 is 15.0 Å². The minimum atomic E-state index is 0.547. The second-order valence-electron chi connectivity index (χ2n) is 5.72. The first kappa shape index (κ1) is 18.0. The molecule has 0 saturated carbocycles. The standard InChI is InChI=1S/C20H21ClN4O/c1-3-25(14-15-7-5-4-6-8-15)20-22-12-11-19(24-20)23-16-9-10-18(26-2)17(21)13-16/h4-13H,3,14H2,1-2H3,(H,22,23,24). The molecule has 2 aromatic carbocycles. The molecule has 0 unspecified atom stereocenters. The van der Waals surface area contributed by atoms with E-state index in [1.165, 1.54) is 5.56 Å². The fraction of sp³-hybridized carbons (Fsp3) is 0.200. The van der Waals surface area contributed by atoms with Gasteiger partial charge in [-0.1, -0.05) is 41.9 Å². The second kappa shape index (κ2) is 8.54. The van der Waals surface area contributed by atoms with Crippen molar-refractivity contribution in [2.45, 2.75) is 13.5 Å². The Balaban J connectivity index is 1.77. The average Bonchev–Trinajstić information content (AvgIpc) is 2.67. The number of rotatable bonds is 7. The highest BCUT2D eigenvalue weighted by molar-refractivity contribution is 6.32. The third kappa shape index (κ3) is 4.43. The monoisotopic (exact) mass is 368 g/mol. The number of aromatic nitrogens is 2. The van der Waals surface area contributed by atoms with E-state index in [0.717, 1.165) is 18.8 Å². The molecule has 3 aromatic rings. The molecule has 0 spiro atoms. The molecule has 0 radical (unpaired) electrons. The Labute approximate surface area is 158 Å². The zero-order chi connectivity index (χ0) is 18.4. The maximum absolute atomic E-state index is 6.18. The van der Waals surface area contributed by atoms with Crippen LogP contribution in [-0.2, 0) is 6.54 Å². The van der Waals surface area contributed by atoms with Crippen molar-refractivity contribution in [1.82, 2.24) is 9.97 Å². The Hall–Kier alpha value is -2.79. The van der Waals surface area contributed by atoms with Crippen molar-refractivity contribution in [3.05, 3.63) is 71.4 Å². The summed E-state index contributed by atoms with van der Waals surface area (Å²) in [5.41, 5.74) is 2.06. The first-order chi connectivity index (χ1) is 12.7. The third-order valence-electron chi connectivity index (χ3n) is 3.95. The van der Waals surface area contributed by atoms with Crippen LogP contribution in [0.25, 0.3) is 0 Å². The van der Waals surface area contributed by atoms with Crippen LogP contribution in [0.4, 0.5) is 17.5 Å². The molecule has 0 aliphatic heterocycles. The quantitative estimate of drug-likeness (QED) is 0.642. The summed E-state index contributed by atoms with van der Waals surface area (Å²) in [5, 5.41) is 3.81. The first-order valence-electron chi connectivity index (χ1n) is 8.42. The van der Waals surface area contributed by atoms with Crippen LogP contribution in [0.2, 0.25) is 5.02 Å². The highest BCUT2D eigenvalue weighted by Gasteiger charge is 2.10. The summed E-state index contributed by atoms with van der Waals surface area (Å²) in [4.78, 5) is 11.2. The zero-order valence-electron chi connectivity index (χ0n) is 14.8. The Kier molecular flexibility index (Phi) is 5.92. The smallest absolute Gasteiger partial charge is 0.227 e. The van der Waals surface area contributed by atoms with Crippen molar-refractivity contribution in [3.8, 4) is 5.75 Å². The SMILES string of the molecule is CCN(Cc1ccccc1)c1nccc(Nc2ccc(OC)c(Cl)c2)n1. The number of halogens is 1. The molecular weight excluding hydrogens is 348 g/mol. The highest BCUT2D eigenvalue weighted by Crippen LogP contribution is 2.28. The van der Waals surface area contributed by atoms with E-state index in [1.807, 2.05) is 42.5 Å². The van der Waals surface area contributed by atoms with Crippen molar-refractivity contribution in [2.24, 2.45) is 0 Å². The van der Waals surface area contributed by atoms with Gasteiger partial charge in [0.15, 0.2) is 0 Å². The summed E-state index contributed by atoms with van der Waals surface area (Å²) in [6.07, 6.45) is 1.75. The molecule has 1 N–H and O–H groups in total. The summed E-state index contributed by atoms with van der Waals surface area (Å²) in [6, 6.07) is 17.6. The number of hydrogen-bond acceptors (Lipinski definition) is 5. The lowest BCUT2D eigenvalue weighted by Crippen LogP contribution is -2.24. The lowest BCUT2D eigenvalue weighted by atomic mass is 10.2. The number of benzene rings is 2. The fourth-order valence-electron chi connectivity index (χ4n) is 2.59.